The first-order valence-electron chi connectivity index (χ1n) is 5.61. The SMILES string of the molecule is CC(C)C(c1ccccc1)C(N)CC(N)=O. The van der Waals surface area contributed by atoms with Crippen molar-refractivity contribution >= 4 is 5.91 Å². The van der Waals surface area contributed by atoms with Crippen molar-refractivity contribution in [2.45, 2.75) is 32.2 Å². The van der Waals surface area contributed by atoms with Gasteiger partial charge in [-0.25, -0.2) is 0 Å². The average molecular weight is 220 g/mol. The van der Waals surface area contributed by atoms with Crippen LogP contribution in [0.3, 0.4) is 0 Å². The normalized spacial score (nSPS) is 14.8. The lowest BCUT2D eigenvalue weighted by Gasteiger charge is -2.27. The molecule has 0 aliphatic rings. The van der Waals surface area contributed by atoms with Gasteiger partial charge in [0.05, 0.1) is 0 Å². The van der Waals surface area contributed by atoms with E-state index in [0.29, 0.717) is 5.92 Å². The molecule has 1 rings (SSSR count). The predicted molar refractivity (Wildman–Crippen MR) is 65.8 cm³/mol. The highest BCUT2D eigenvalue weighted by molar-refractivity contribution is 5.74. The van der Waals surface area contributed by atoms with Crippen molar-refractivity contribution in [1.29, 1.82) is 0 Å². The molecule has 0 heterocycles. The van der Waals surface area contributed by atoms with Gasteiger partial charge in [-0.05, 0) is 11.5 Å². The van der Waals surface area contributed by atoms with Gasteiger partial charge in [0.15, 0.2) is 0 Å². The molecule has 3 nitrogen and oxygen atoms in total. The number of carbonyl (C=O) groups excluding carboxylic acids is 1. The van der Waals surface area contributed by atoms with Gasteiger partial charge in [-0.3, -0.25) is 4.79 Å². The molecule has 0 aliphatic heterocycles. The summed E-state index contributed by atoms with van der Waals surface area (Å²) in [7, 11) is 0. The van der Waals surface area contributed by atoms with Gasteiger partial charge in [-0.1, -0.05) is 44.2 Å². The quantitative estimate of drug-likeness (QED) is 0.791. The van der Waals surface area contributed by atoms with Crippen LogP contribution in [0, 0.1) is 5.92 Å². The predicted octanol–water partition coefficient (Wildman–Crippen LogP) is 1.63. The van der Waals surface area contributed by atoms with Crippen LogP contribution in [0.1, 0.15) is 31.7 Å². The third-order valence-corrected chi connectivity index (χ3v) is 2.80. The van der Waals surface area contributed by atoms with Crippen molar-refractivity contribution in [2.24, 2.45) is 17.4 Å². The summed E-state index contributed by atoms with van der Waals surface area (Å²) in [5.74, 6) is 0.222. The number of hydrogen-bond donors (Lipinski definition) is 2. The van der Waals surface area contributed by atoms with Gasteiger partial charge in [0.25, 0.3) is 0 Å². The van der Waals surface area contributed by atoms with Crippen molar-refractivity contribution in [3.05, 3.63) is 35.9 Å². The fraction of sp³-hybridized carbons (Fsp3) is 0.462. The van der Waals surface area contributed by atoms with Crippen molar-refractivity contribution in [3.8, 4) is 0 Å². The molecular weight excluding hydrogens is 200 g/mol. The minimum atomic E-state index is -0.339. The molecular formula is C13H20N2O. The Labute approximate surface area is 96.8 Å². The molecule has 16 heavy (non-hydrogen) atoms. The van der Waals surface area contributed by atoms with E-state index in [0.717, 1.165) is 0 Å². The molecule has 0 saturated carbocycles. The van der Waals surface area contributed by atoms with Crippen LogP contribution in [0.5, 0.6) is 0 Å². The minimum Gasteiger partial charge on any atom is -0.370 e. The molecule has 0 saturated heterocycles. The van der Waals surface area contributed by atoms with Crippen LogP contribution in [0.15, 0.2) is 30.3 Å². The lowest BCUT2D eigenvalue weighted by Crippen LogP contribution is -2.35. The van der Waals surface area contributed by atoms with Crippen molar-refractivity contribution in [3.63, 3.8) is 0 Å². The molecule has 0 fully saturated rings. The van der Waals surface area contributed by atoms with Crippen molar-refractivity contribution in [2.75, 3.05) is 0 Å². The topological polar surface area (TPSA) is 69.1 Å². The molecule has 0 radical (unpaired) electrons. The standard InChI is InChI=1S/C13H20N2O/c1-9(2)13(11(14)8-12(15)16)10-6-4-3-5-7-10/h3-7,9,11,13H,8,14H2,1-2H3,(H2,15,16). The monoisotopic (exact) mass is 220 g/mol. The Hall–Kier alpha value is -1.35. The number of hydrogen-bond acceptors (Lipinski definition) is 2. The van der Waals surface area contributed by atoms with E-state index in [2.05, 4.69) is 13.8 Å². The van der Waals surface area contributed by atoms with E-state index in [1.165, 1.54) is 5.56 Å². The second-order valence-electron chi connectivity index (χ2n) is 4.51. The van der Waals surface area contributed by atoms with E-state index < -0.39 is 0 Å². The Morgan fingerprint density at radius 1 is 1.25 bits per heavy atom. The molecule has 2 atom stereocenters. The van der Waals surface area contributed by atoms with Crippen LogP contribution in [0.2, 0.25) is 0 Å². The molecule has 0 spiro atoms. The fourth-order valence-corrected chi connectivity index (χ4v) is 2.16. The van der Waals surface area contributed by atoms with E-state index in [1.54, 1.807) is 0 Å². The third-order valence-electron chi connectivity index (χ3n) is 2.80. The molecule has 0 aliphatic carbocycles. The van der Waals surface area contributed by atoms with Gasteiger partial charge in [0.1, 0.15) is 0 Å². The summed E-state index contributed by atoms with van der Waals surface area (Å²) < 4.78 is 0. The molecule has 3 heteroatoms. The van der Waals surface area contributed by atoms with Crippen LogP contribution in [0.4, 0.5) is 0 Å². The first-order chi connectivity index (χ1) is 7.52. The summed E-state index contributed by atoms with van der Waals surface area (Å²) in [4.78, 5) is 10.9. The number of benzene rings is 1. The summed E-state index contributed by atoms with van der Waals surface area (Å²) >= 11 is 0. The van der Waals surface area contributed by atoms with E-state index >= 15 is 0 Å². The molecule has 88 valence electrons. The first-order valence-corrected chi connectivity index (χ1v) is 5.61. The Kier molecular flexibility index (Phi) is 4.50. The maximum Gasteiger partial charge on any atom is 0.218 e. The zero-order valence-electron chi connectivity index (χ0n) is 9.89. The lowest BCUT2D eigenvalue weighted by atomic mass is 9.81. The summed E-state index contributed by atoms with van der Waals surface area (Å²) in [6.07, 6.45) is 0.234. The van der Waals surface area contributed by atoms with Gasteiger partial charge in [-0.2, -0.15) is 0 Å². The largest absolute Gasteiger partial charge is 0.370 e. The fourth-order valence-electron chi connectivity index (χ4n) is 2.16. The maximum atomic E-state index is 10.9. The van der Waals surface area contributed by atoms with Crippen LogP contribution >= 0.6 is 0 Å². The summed E-state index contributed by atoms with van der Waals surface area (Å²) in [5, 5.41) is 0. The minimum absolute atomic E-state index is 0.175. The highest BCUT2D eigenvalue weighted by atomic mass is 16.1. The molecule has 1 aromatic rings. The zero-order chi connectivity index (χ0) is 12.1. The lowest BCUT2D eigenvalue weighted by molar-refractivity contribution is -0.118. The second kappa shape index (κ2) is 5.66. The van der Waals surface area contributed by atoms with Gasteiger partial charge < -0.3 is 11.5 Å². The van der Waals surface area contributed by atoms with Crippen LogP contribution < -0.4 is 11.5 Å². The molecule has 0 bridgehead atoms. The molecule has 0 aromatic heterocycles. The van der Waals surface area contributed by atoms with Crippen molar-refractivity contribution in [1.82, 2.24) is 0 Å². The second-order valence-corrected chi connectivity index (χ2v) is 4.51. The smallest absolute Gasteiger partial charge is 0.218 e. The maximum absolute atomic E-state index is 10.9. The van der Waals surface area contributed by atoms with Gasteiger partial charge in [0, 0.05) is 18.4 Å². The zero-order valence-corrected chi connectivity index (χ0v) is 9.89. The van der Waals surface area contributed by atoms with Crippen LogP contribution in [-0.2, 0) is 4.79 Å². The Bertz CT molecular complexity index is 335. The van der Waals surface area contributed by atoms with Crippen LogP contribution in [-0.4, -0.2) is 11.9 Å². The Morgan fingerprint density at radius 2 is 1.81 bits per heavy atom. The van der Waals surface area contributed by atoms with Gasteiger partial charge >= 0.3 is 0 Å². The highest BCUT2D eigenvalue weighted by Crippen LogP contribution is 2.28. The molecule has 2 unspecified atom stereocenters. The van der Waals surface area contributed by atoms with Gasteiger partial charge in [-0.15, -0.1) is 0 Å². The summed E-state index contributed by atoms with van der Waals surface area (Å²) in [5.41, 5.74) is 12.4. The summed E-state index contributed by atoms with van der Waals surface area (Å²) in [6.45, 7) is 4.22. The number of amides is 1. The number of primary amides is 1. The third kappa shape index (κ3) is 3.35. The van der Waals surface area contributed by atoms with E-state index in [9.17, 15) is 4.79 Å². The van der Waals surface area contributed by atoms with Crippen LogP contribution in [0.25, 0.3) is 0 Å². The highest BCUT2D eigenvalue weighted by Gasteiger charge is 2.24. The number of carbonyl (C=O) groups is 1. The number of nitrogens with two attached hydrogens (primary N) is 2. The average Bonchev–Trinajstić information content (AvgIpc) is 2.17. The van der Waals surface area contributed by atoms with E-state index in [1.807, 2.05) is 30.3 Å². The van der Waals surface area contributed by atoms with Gasteiger partial charge in [0.2, 0.25) is 5.91 Å². The Morgan fingerprint density at radius 3 is 2.25 bits per heavy atom. The summed E-state index contributed by atoms with van der Waals surface area (Å²) in [6, 6.07) is 9.83. The molecule has 1 amide bonds. The molecule has 1 aromatic carbocycles. The first kappa shape index (κ1) is 12.7. The molecule has 4 N–H and O–H groups in total. The van der Waals surface area contributed by atoms with E-state index in [-0.39, 0.29) is 24.3 Å². The van der Waals surface area contributed by atoms with Crippen molar-refractivity contribution < 1.29 is 4.79 Å². The number of rotatable bonds is 5. The Balaban J connectivity index is 2.87. The van der Waals surface area contributed by atoms with E-state index in [4.69, 9.17) is 11.5 Å².